The second-order valence-corrected chi connectivity index (χ2v) is 4.37. The van der Waals surface area contributed by atoms with Gasteiger partial charge in [0.05, 0.1) is 0 Å². The van der Waals surface area contributed by atoms with Gasteiger partial charge in [-0.2, -0.15) is 0 Å². The molecule has 0 heterocycles. The SMILES string of the molecule is C=C(C)C(C)C(C)C1CC1C. The first kappa shape index (κ1) is 8.83. The second-order valence-electron chi connectivity index (χ2n) is 4.37. The molecule has 4 atom stereocenters. The van der Waals surface area contributed by atoms with Gasteiger partial charge in [-0.25, -0.2) is 0 Å². The van der Waals surface area contributed by atoms with E-state index in [1.165, 1.54) is 12.0 Å². The summed E-state index contributed by atoms with van der Waals surface area (Å²) < 4.78 is 0. The predicted octanol–water partition coefficient (Wildman–Crippen LogP) is 3.49. The summed E-state index contributed by atoms with van der Waals surface area (Å²) in [6, 6.07) is 0. The molecule has 0 aliphatic heterocycles. The lowest BCUT2D eigenvalue weighted by molar-refractivity contribution is 0.376. The zero-order chi connectivity index (χ0) is 8.59. The van der Waals surface area contributed by atoms with E-state index in [2.05, 4.69) is 34.3 Å². The van der Waals surface area contributed by atoms with Crippen LogP contribution in [-0.2, 0) is 0 Å². The second kappa shape index (κ2) is 3.00. The summed E-state index contributed by atoms with van der Waals surface area (Å²) in [5.74, 6) is 3.53. The van der Waals surface area contributed by atoms with Gasteiger partial charge in [0.15, 0.2) is 0 Å². The van der Waals surface area contributed by atoms with Crippen molar-refractivity contribution in [1.82, 2.24) is 0 Å². The molecule has 64 valence electrons. The fraction of sp³-hybridized carbons (Fsp3) is 0.818. The molecule has 0 radical (unpaired) electrons. The van der Waals surface area contributed by atoms with Gasteiger partial charge < -0.3 is 0 Å². The standard InChI is InChI=1S/C11H20/c1-7(2)9(4)10(5)11-6-8(11)3/h8-11H,1,6H2,2-5H3. The fourth-order valence-electron chi connectivity index (χ4n) is 1.90. The van der Waals surface area contributed by atoms with Crippen molar-refractivity contribution in [3.8, 4) is 0 Å². The van der Waals surface area contributed by atoms with Gasteiger partial charge in [0.2, 0.25) is 0 Å². The maximum atomic E-state index is 4.01. The van der Waals surface area contributed by atoms with E-state index in [0.717, 1.165) is 17.8 Å². The third-order valence-electron chi connectivity index (χ3n) is 3.41. The van der Waals surface area contributed by atoms with Crippen LogP contribution in [0.3, 0.4) is 0 Å². The van der Waals surface area contributed by atoms with Crippen molar-refractivity contribution in [3.63, 3.8) is 0 Å². The first-order chi connectivity index (χ1) is 5.04. The first-order valence-corrected chi connectivity index (χ1v) is 4.69. The molecule has 0 heteroatoms. The van der Waals surface area contributed by atoms with Crippen molar-refractivity contribution in [1.29, 1.82) is 0 Å². The Morgan fingerprint density at radius 2 is 1.91 bits per heavy atom. The molecular weight excluding hydrogens is 132 g/mol. The smallest absolute Gasteiger partial charge is 0.0209 e. The molecule has 1 saturated carbocycles. The Morgan fingerprint density at radius 1 is 1.45 bits per heavy atom. The van der Waals surface area contributed by atoms with E-state index in [1.54, 1.807) is 0 Å². The van der Waals surface area contributed by atoms with Crippen molar-refractivity contribution < 1.29 is 0 Å². The summed E-state index contributed by atoms with van der Waals surface area (Å²) in [5.41, 5.74) is 1.34. The van der Waals surface area contributed by atoms with Crippen molar-refractivity contribution in [3.05, 3.63) is 12.2 Å². The summed E-state index contributed by atoms with van der Waals surface area (Å²) in [7, 11) is 0. The van der Waals surface area contributed by atoms with Crippen molar-refractivity contribution in [2.24, 2.45) is 23.7 Å². The van der Waals surface area contributed by atoms with E-state index in [4.69, 9.17) is 0 Å². The highest BCUT2D eigenvalue weighted by Gasteiger charge is 2.39. The molecule has 0 bridgehead atoms. The van der Waals surface area contributed by atoms with Crippen LogP contribution in [0.2, 0.25) is 0 Å². The molecular formula is C11H20. The van der Waals surface area contributed by atoms with E-state index in [9.17, 15) is 0 Å². The molecule has 0 aromatic carbocycles. The van der Waals surface area contributed by atoms with Crippen LogP contribution in [0.15, 0.2) is 12.2 Å². The van der Waals surface area contributed by atoms with Crippen molar-refractivity contribution >= 4 is 0 Å². The number of rotatable bonds is 3. The summed E-state index contributed by atoms with van der Waals surface area (Å²) in [5, 5.41) is 0. The Bertz CT molecular complexity index is 157. The average molecular weight is 152 g/mol. The van der Waals surface area contributed by atoms with Crippen LogP contribution in [0, 0.1) is 23.7 Å². The topological polar surface area (TPSA) is 0 Å². The van der Waals surface area contributed by atoms with E-state index in [1.807, 2.05) is 0 Å². The van der Waals surface area contributed by atoms with Gasteiger partial charge in [0.1, 0.15) is 0 Å². The third-order valence-corrected chi connectivity index (χ3v) is 3.41. The lowest BCUT2D eigenvalue weighted by Crippen LogP contribution is -2.11. The van der Waals surface area contributed by atoms with Crippen LogP contribution in [0.1, 0.15) is 34.1 Å². The highest BCUT2D eigenvalue weighted by atomic mass is 14.4. The minimum atomic E-state index is 0.713. The third kappa shape index (κ3) is 1.85. The van der Waals surface area contributed by atoms with Gasteiger partial charge in [0, 0.05) is 0 Å². The van der Waals surface area contributed by atoms with Crippen LogP contribution in [0.4, 0.5) is 0 Å². The monoisotopic (exact) mass is 152 g/mol. The Morgan fingerprint density at radius 3 is 2.18 bits per heavy atom. The molecule has 0 saturated heterocycles. The molecule has 0 nitrogen and oxygen atoms in total. The van der Waals surface area contributed by atoms with E-state index < -0.39 is 0 Å². The Kier molecular flexibility index (Phi) is 2.41. The average Bonchev–Trinajstić information content (AvgIpc) is 2.63. The lowest BCUT2D eigenvalue weighted by atomic mass is 9.86. The number of hydrogen-bond donors (Lipinski definition) is 0. The zero-order valence-electron chi connectivity index (χ0n) is 8.22. The quantitative estimate of drug-likeness (QED) is 0.543. The van der Waals surface area contributed by atoms with Gasteiger partial charge in [-0.1, -0.05) is 32.9 Å². The minimum absolute atomic E-state index is 0.713. The molecule has 0 aromatic rings. The number of allylic oxidation sites excluding steroid dienone is 1. The Balaban J connectivity index is 2.41. The summed E-state index contributed by atoms with van der Waals surface area (Å²) in [6.45, 7) is 13.2. The normalized spacial score (nSPS) is 34.5. The largest absolute Gasteiger partial charge is 0.0999 e. The van der Waals surface area contributed by atoms with Crippen molar-refractivity contribution in [2.75, 3.05) is 0 Å². The van der Waals surface area contributed by atoms with Crippen LogP contribution in [-0.4, -0.2) is 0 Å². The maximum Gasteiger partial charge on any atom is -0.0209 e. The fourth-order valence-corrected chi connectivity index (χ4v) is 1.90. The molecule has 0 amide bonds. The summed E-state index contributed by atoms with van der Waals surface area (Å²) in [6.07, 6.45) is 1.44. The van der Waals surface area contributed by atoms with E-state index in [-0.39, 0.29) is 0 Å². The van der Waals surface area contributed by atoms with Crippen molar-refractivity contribution in [2.45, 2.75) is 34.1 Å². The first-order valence-electron chi connectivity index (χ1n) is 4.69. The van der Waals surface area contributed by atoms with Crippen LogP contribution in [0.5, 0.6) is 0 Å². The van der Waals surface area contributed by atoms with Gasteiger partial charge in [0.25, 0.3) is 0 Å². The highest BCUT2D eigenvalue weighted by Crippen LogP contribution is 2.47. The highest BCUT2D eigenvalue weighted by molar-refractivity contribution is 5.00. The van der Waals surface area contributed by atoms with Crippen LogP contribution < -0.4 is 0 Å². The van der Waals surface area contributed by atoms with Gasteiger partial charge in [-0.05, 0) is 37.0 Å². The van der Waals surface area contributed by atoms with Gasteiger partial charge >= 0.3 is 0 Å². The Hall–Kier alpha value is -0.260. The predicted molar refractivity (Wildman–Crippen MR) is 50.4 cm³/mol. The molecule has 11 heavy (non-hydrogen) atoms. The molecule has 0 aromatic heterocycles. The van der Waals surface area contributed by atoms with Crippen LogP contribution >= 0.6 is 0 Å². The molecule has 0 N–H and O–H groups in total. The number of hydrogen-bond acceptors (Lipinski definition) is 0. The molecule has 1 rings (SSSR count). The molecule has 1 fully saturated rings. The van der Waals surface area contributed by atoms with Crippen LogP contribution in [0.25, 0.3) is 0 Å². The van der Waals surface area contributed by atoms with E-state index >= 15 is 0 Å². The molecule has 0 spiro atoms. The van der Waals surface area contributed by atoms with E-state index in [0.29, 0.717) is 5.92 Å². The van der Waals surface area contributed by atoms with Gasteiger partial charge in [-0.3, -0.25) is 0 Å². The minimum Gasteiger partial charge on any atom is -0.0999 e. The zero-order valence-corrected chi connectivity index (χ0v) is 8.22. The summed E-state index contributed by atoms with van der Waals surface area (Å²) >= 11 is 0. The molecule has 1 aliphatic carbocycles. The molecule has 4 unspecified atom stereocenters. The molecule has 1 aliphatic rings. The summed E-state index contributed by atoms with van der Waals surface area (Å²) in [4.78, 5) is 0. The van der Waals surface area contributed by atoms with Gasteiger partial charge in [-0.15, -0.1) is 0 Å². The Labute approximate surface area is 70.7 Å². The maximum absolute atomic E-state index is 4.01. The lowest BCUT2D eigenvalue weighted by Gasteiger charge is -2.19.